The van der Waals surface area contributed by atoms with Gasteiger partial charge >= 0.3 is 0 Å². The normalized spacial score (nSPS) is 16.8. The number of hydrogen-bond acceptors (Lipinski definition) is 5. The molecule has 0 bridgehead atoms. The lowest BCUT2D eigenvalue weighted by Crippen LogP contribution is -2.45. The number of carbonyl (C=O) groups is 1. The van der Waals surface area contributed by atoms with Gasteiger partial charge in [-0.15, -0.1) is 0 Å². The van der Waals surface area contributed by atoms with E-state index in [4.69, 9.17) is 10.00 Å². The van der Waals surface area contributed by atoms with Crippen LogP contribution in [0.3, 0.4) is 0 Å². The molecule has 1 atom stereocenters. The van der Waals surface area contributed by atoms with Gasteiger partial charge < -0.3 is 9.64 Å². The van der Waals surface area contributed by atoms with Crippen LogP contribution >= 0.6 is 0 Å². The van der Waals surface area contributed by atoms with Crippen molar-refractivity contribution in [3.63, 3.8) is 0 Å². The van der Waals surface area contributed by atoms with Crippen molar-refractivity contribution in [2.75, 3.05) is 13.1 Å². The lowest BCUT2D eigenvalue weighted by molar-refractivity contribution is -0.133. The Hall–Kier alpha value is -2.94. The van der Waals surface area contributed by atoms with Gasteiger partial charge in [0.1, 0.15) is 12.2 Å². The molecule has 1 saturated heterocycles. The third kappa shape index (κ3) is 4.82. The third-order valence-electron chi connectivity index (χ3n) is 4.78. The first kappa shape index (κ1) is 18.8. The highest BCUT2D eigenvalue weighted by Crippen LogP contribution is 2.20. The van der Waals surface area contributed by atoms with E-state index < -0.39 is 0 Å². The summed E-state index contributed by atoms with van der Waals surface area (Å²) in [5, 5.41) is 9.11. The summed E-state index contributed by atoms with van der Waals surface area (Å²) in [7, 11) is 0. The Morgan fingerprint density at radius 1 is 1.30 bits per heavy atom. The summed E-state index contributed by atoms with van der Waals surface area (Å²) in [6.45, 7) is 5.55. The van der Waals surface area contributed by atoms with Crippen molar-refractivity contribution in [1.29, 1.82) is 5.26 Å². The van der Waals surface area contributed by atoms with Crippen LogP contribution in [0.5, 0.6) is 5.88 Å². The average Bonchev–Trinajstić information content (AvgIpc) is 2.69. The standard InChI is InChI=1S/C21H24N4O2/c1-15(2)17-7-5-16(6-8-17)12-20(26)25-11-3-4-18(14-25)27-21-19(13-22)23-9-10-24-21/h5-10,15,18H,3-4,11-12,14H2,1-2H3. The van der Waals surface area contributed by atoms with Crippen LogP contribution in [0.2, 0.25) is 0 Å². The zero-order valence-corrected chi connectivity index (χ0v) is 15.8. The Morgan fingerprint density at radius 3 is 2.74 bits per heavy atom. The second-order valence-corrected chi connectivity index (χ2v) is 7.12. The quantitative estimate of drug-likeness (QED) is 0.814. The molecule has 2 heterocycles. The SMILES string of the molecule is CC(C)c1ccc(CC(=O)N2CCCC(Oc3nccnc3C#N)C2)cc1. The highest BCUT2D eigenvalue weighted by Gasteiger charge is 2.26. The maximum Gasteiger partial charge on any atom is 0.251 e. The van der Waals surface area contributed by atoms with Gasteiger partial charge in [0.05, 0.1) is 13.0 Å². The molecule has 27 heavy (non-hydrogen) atoms. The Kier molecular flexibility index (Phi) is 6.02. The largest absolute Gasteiger partial charge is 0.470 e. The molecular formula is C21H24N4O2. The molecular weight excluding hydrogens is 340 g/mol. The van der Waals surface area contributed by atoms with Crippen molar-refractivity contribution in [3.8, 4) is 11.9 Å². The molecule has 1 amide bonds. The molecule has 1 unspecified atom stereocenters. The van der Waals surface area contributed by atoms with Gasteiger partial charge in [-0.1, -0.05) is 38.1 Å². The molecule has 3 rings (SSSR count). The minimum atomic E-state index is -0.171. The fourth-order valence-corrected chi connectivity index (χ4v) is 3.21. The molecule has 0 N–H and O–H groups in total. The summed E-state index contributed by atoms with van der Waals surface area (Å²) in [4.78, 5) is 22.6. The van der Waals surface area contributed by atoms with Crippen molar-refractivity contribution in [2.45, 2.75) is 45.1 Å². The van der Waals surface area contributed by atoms with E-state index in [-0.39, 0.29) is 23.6 Å². The van der Waals surface area contributed by atoms with Crippen LogP contribution in [0.4, 0.5) is 0 Å². The number of ether oxygens (including phenoxy) is 1. The molecule has 6 nitrogen and oxygen atoms in total. The average molecular weight is 364 g/mol. The molecule has 0 radical (unpaired) electrons. The van der Waals surface area contributed by atoms with E-state index in [1.165, 1.54) is 18.0 Å². The summed E-state index contributed by atoms with van der Waals surface area (Å²) in [5.41, 5.74) is 2.47. The summed E-state index contributed by atoms with van der Waals surface area (Å²) in [5.74, 6) is 0.818. The van der Waals surface area contributed by atoms with Crippen molar-refractivity contribution < 1.29 is 9.53 Å². The van der Waals surface area contributed by atoms with Crippen molar-refractivity contribution in [2.24, 2.45) is 0 Å². The number of nitrogens with zero attached hydrogens (tertiary/aromatic N) is 4. The summed E-state index contributed by atoms with van der Waals surface area (Å²) < 4.78 is 5.86. The number of aromatic nitrogens is 2. The van der Waals surface area contributed by atoms with Crippen LogP contribution in [-0.2, 0) is 11.2 Å². The van der Waals surface area contributed by atoms with E-state index in [0.29, 0.717) is 18.9 Å². The van der Waals surface area contributed by atoms with Gasteiger partial charge in [0.25, 0.3) is 5.88 Å². The number of rotatable bonds is 5. The Labute approximate surface area is 159 Å². The Bertz CT molecular complexity index is 827. The molecule has 0 aliphatic carbocycles. The molecule has 140 valence electrons. The highest BCUT2D eigenvalue weighted by molar-refractivity contribution is 5.79. The van der Waals surface area contributed by atoms with E-state index in [1.807, 2.05) is 23.1 Å². The van der Waals surface area contributed by atoms with Crippen molar-refractivity contribution >= 4 is 5.91 Å². The van der Waals surface area contributed by atoms with Crippen LogP contribution in [-0.4, -0.2) is 40.0 Å². The second-order valence-electron chi connectivity index (χ2n) is 7.12. The van der Waals surface area contributed by atoms with Crippen LogP contribution in [0.15, 0.2) is 36.7 Å². The lowest BCUT2D eigenvalue weighted by Gasteiger charge is -2.32. The van der Waals surface area contributed by atoms with E-state index in [9.17, 15) is 4.79 Å². The second kappa shape index (κ2) is 8.63. The van der Waals surface area contributed by atoms with Gasteiger partial charge in [-0.25, -0.2) is 9.97 Å². The number of benzene rings is 1. The fourth-order valence-electron chi connectivity index (χ4n) is 3.21. The third-order valence-corrected chi connectivity index (χ3v) is 4.78. The van der Waals surface area contributed by atoms with Crippen LogP contribution in [0, 0.1) is 11.3 Å². The predicted octanol–water partition coefficient (Wildman–Crippen LogP) is 3.08. The minimum Gasteiger partial charge on any atom is -0.470 e. The van der Waals surface area contributed by atoms with Gasteiger partial charge in [0, 0.05) is 18.9 Å². The zero-order chi connectivity index (χ0) is 19.2. The number of piperidine rings is 1. The summed E-state index contributed by atoms with van der Waals surface area (Å²) in [6.07, 6.45) is 4.88. The number of amides is 1. The number of carbonyl (C=O) groups excluding carboxylic acids is 1. The van der Waals surface area contributed by atoms with Crippen molar-refractivity contribution in [1.82, 2.24) is 14.9 Å². The molecule has 1 aliphatic rings. The molecule has 0 spiro atoms. The van der Waals surface area contributed by atoms with E-state index in [2.05, 4.69) is 35.9 Å². The molecule has 6 heteroatoms. The molecule has 2 aromatic rings. The van der Waals surface area contributed by atoms with Crippen LogP contribution in [0.25, 0.3) is 0 Å². The van der Waals surface area contributed by atoms with Crippen molar-refractivity contribution in [3.05, 3.63) is 53.5 Å². The fraction of sp³-hybridized carbons (Fsp3) is 0.429. The van der Waals surface area contributed by atoms with Gasteiger partial charge in [0.15, 0.2) is 0 Å². The Balaban J connectivity index is 1.60. The monoisotopic (exact) mass is 364 g/mol. The molecule has 1 aromatic carbocycles. The topological polar surface area (TPSA) is 79.1 Å². The number of nitriles is 1. The van der Waals surface area contributed by atoms with E-state index >= 15 is 0 Å². The Morgan fingerprint density at radius 2 is 2.04 bits per heavy atom. The smallest absolute Gasteiger partial charge is 0.251 e. The molecule has 0 saturated carbocycles. The van der Waals surface area contributed by atoms with Crippen LogP contribution in [0.1, 0.15) is 49.4 Å². The van der Waals surface area contributed by atoms with E-state index in [1.54, 1.807) is 0 Å². The van der Waals surface area contributed by atoms with Gasteiger partial charge in [-0.2, -0.15) is 5.26 Å². The first-order valence-corrected chi connectivity index (χ1v) is 9.31. The molecule has 1 aliphatic heterocycles. The maximum absolute atomic E-state index is 12.7. The minimum absolute atomic E-state index is 0.0975. The predicted molar refractivity (Wildman–Crippen MR) is 101 cm³/mol. The molecule has 1 aromatic heterocycles. The van der Waals surface area contributed by atoms with Crippen LogP contribution < -0.4 is 4.74 Å². The van der Waals surface area contributed by atoms with Gasteiger partial charge in [-0.3, -0.25) is 4.79 Å². The highest BCUT2D eigenvalue weighted by atomic mass is 16.5. The maximum atomic E-state index is 12.7. The first-order valence-electron chi connectivity index (χ1n) is 9.31. The van der Waals surface area contributed by atoms with E-state index in [0.717, 1.165) is 24.9 Å². The lowest BCUT2D eigenvalue weighted by atomic mass is 10.0. The van der Waals surface area contributed by atoms with Gasteiger partial charge in [-0.05, 0) is 29.9 Å². The number of hydrogen-bond donors (Lipinski definition) is 0. The molecule has 1 fully saturated rings. The summed E-state index contributed by atoms with van der Waals surface area (Å²) in [6, 6.07) is 10.2. The number of likely N-dealkylation sites (tertiary alicyclic amines) is 1. The first-order chi connectivity index (χ1) is 13.1. The summed E-state index contributed by atoms with van der Waals surface area (Å²) >= 11 is 0. The zero-order valence-electron chi connectivity index (χ0n) is 15.8. The van der Waals surface area contributed by atoms with Gasteiger partial charge in [0.2, 0.25) is 11.6 Å².